The van der Waals surface area contributed by atoms with E-state index in [0.717, 1.165) is 42.6 Å². The van der Waals surface area contributed by atoms with Crippen LogP contribution in [0.5, 0.6) is 0 Å². The molecule has 1 aromatic carbocycles. The van der Waals surface area contributed by atoms with Crippen molar-refractivity contribution in [2.24, 2.45) is 4.99 Å². The third kappa shape index (κ3) is 6.84. The van der Waals surface area contributed by atoms with Crippen LogP contribution in [-0.2, 0) is 12.8 Å². The van der Waals surface area contributed by atoms with Crippen molar-refractivity contribution in [3.63, 3.8) is 0 Å². The minimum Gasteiger partial charge on any atom is -0.356 e. The Hall–Kier alpha value is -1.92. The zero-order valence-corrected chi connectivity index (χ0v) is 16.4. The van der Waals surface area contributed by atoms with Crippen molar-refractivity contribution >= 4 is 17.3 Å². The van der Waals surface area contributed by atoms with Gasteiger partial charge in [0.15, 0.2) is 5.96 Å². The van der Waals surface area contributed by atoms with E-state index in [1.165, 1.54) is 5.56 Å². The molecule has 0 saturated carbocycles. The third-order valence-electron chi connectivity index (χ3n) is 4.11. The van der Waals surface area contributed by atoms with Crippen molar-refractivity contribution in [1.82, 2.24) is 20.5 Å². The van der Waals surface area contributed by atoms with Crippen LogP contribution in [0.3, 0.4) is 0 Å². The van der Waals surface area contributed by atoms with E-state index >= 15 is 0 Å². The van der Waals surface area contributed by atoms with E-state index in [1.807, 2.05) is 14.0 Å². The fourth-order valence-electron chi connectivity index (χ4n) is 2.59. The summed E-state index contributed by atoms with van der Waals surface area (Å²) in [6.45, 7) is 3.71. The Kier molecular flexibility index (Phi) is 7.88. The lowest BCUT2D eigenvalue weighted by Crippen LogP contribution is -2.46. The van der Waals surface area contributed by atoms with Crippen molar-refractivity contribution in [1.29, 1.82) is 0 Å². The van der Waals surface area contributed by atoms with Crippen LogP contribution >= 0.6 is 11.3 Å². The molecule has 0 aliphatic rings. The molecular weight excluding hydrogens is 330 g/mol. The molecule has 0 amide bonds. The molecule has 0 radical (unpaired) electrons. The van der Waals surface area contributed by atoms with Crippen LogP contribution in [0, 0.1) is 6.92 Å². The first kappa shape index (κ1) is 19.4. The molecule has 1 aromatic heterocycles. The summed E-state index contributed by atoms with van der Waals surface area (Å²) in [5.41, 5.74) is 2.49. The van der Waals surface area contributed by atoms with E-state index in [0.29, 0.717) is 6.04 Å². The van der Waals surface area contributed by atoms with Gasteiger partial charge in [0.1, 0.15) is 0 Å². The number of nitrogens with zero attached hydrogens (tertiary/aromatic N) is 3. The molecule has 1 unspecified atom stereocenters. The Labute approximate surface area is 155 Å². The predicted octanol–water partition coefficient (Wildman–Crippen LogP) is 2.33. The first-order valence-electron chi connectivity index (χ1n) is 8.64. The number of benzene rings is 1. The number of aliphatic imine (C=N–C) groups is 1. The van der Waals surface area contributed by atoms with E-state index < -0.39 is 0 Å². The lowest BCUT2D eigenvalue weighted by molar-refractivity contribution is 0.290. The normalized spacial score (nSPS) is 13.1. The van der Waals surface area contributed by atoms with Crippen LogP contribution < -0.4 is 10.6 Å². The Bertz CT molecular complexity index is 651. The summed E-state index contributed by atoms with van der Waals surface area (Å²) in [6, 6.07) is 11.0. The van der Waals surface area contributed by atoms with Crippen LogP contribution in [0.2, 0.25) is 0 Å². The Morgan fingerprint density at radius 2 is 2.00 bits per heavy atom. The first-order valence-corrected chi connectivity index (χ1v) is 9.52. The molecule has 25 heavy (non-hydrogen) atoms. The molecule has 0 fully saturated rings. The van der Waals surface area contributed by atoms with E-state index in [2.05, 4.69) is 75.3 Å². The highest BCUT2D eigenvalue weighted by atomic mass is 32.1. The van der Waals surface area contributed by atoms with Crippen molar-refractivity contribution in [2.45, 2.75) is 25.8 Å². The molecule has 0 saturated heterocycles. The summed E-state index contributed by atoms with van der Waals surface area (Å²) in [4.78, 5) is 11.1. The summed E-state index contributed by atoms with van der Waals surface area (Å²) in [6.07, 6.45) is 1.92. The van der Waals surface area contributed by atoms with Gasteiger partial charge < -0.3 is 15.5 Å². The number of hydrogen-bond acceptors (Lipinski definition) is 4. The van der Waals surface area contributed by atoms with Crippen molar-refractivity contribution < 1.29 is 0 Å². The van der Waals surface area contributed by atoms with Gasteiger partial charge in [0.25, 0.3) is 0 Å². The van der Waals surface area contributed by atoms with E-state index in [-0.39, 0.29) is 0 Å². The minimum absolute atomic E-state index is 0.405. The number of guanidine groups is 1. The maximum absolute atomic E-state index is 4.49. The predicted molar refractivity (Wildman–Crippen MR) is 108 cm³/mol. The standard InChI is InChI=1S/C19H29N5S/c1-15-23-17(14-25-15)10-11-21-19(20-2)22-13-18(24(3)4)12-16-8-6-5-7-9-16/h5-9,14,18H,10-13H2,1-4H3,(H2,20,21,22). The SMILES string of the molecule is CN=C(NCCc1csc(C)n1)NCC(Cc1ccccc1)N(C)C. The van der Waals surface area contributed by atoms with Crippen molar-refractivity contribution in [2.75, 3.05) is 34.2 Å². The van der Waals surface area contributed by atoms with Gasteiger partial charge in [-0.15, -0.1) is 11.3 Å². The fraction of sp³-hybridized carbons (Fsp3) is 0.474. The fourth-order valence-corrected chi connectivity index (χ4v) is 3.24. The van der Waals surface area contributed by atoms with Crippen LogP contribution in [0.25, 0.3) is 0 Å². The summed E-state index contributed by atoms with van der Waals surface area (Å²) in [5, 5.41) is 10.1. The Morgan fingerprint density at radius 1 is 1.24 bits per heavy atom. The first-order chi connectivity index (χ1) is 12.1. The highest BCUT2D eigenvalue weighted by molar-refractivity contribution is 7.09. The molecule has 0 spiro atoms. The van der Waals surface area contributed by atoms with Gasteiger partial charge >= 0.3 is 0 Å². The highest BCUT2D eigenvalue weighted by Gasteiger charge is 2.13. The lowest BCUT2D eigenvalue weighted by atomic mass is 10.1. The second kappa shape index (κ2) is 10.2. The van der Waals surface area contributed by atoms with E-state index in [1.54, 1.807) is 11.3 Å². The van der Waals surface area contributed by atoms with Gasteiger partial charge in [0, 0.05) is 38.0 Å². The Balaban J connectivity index is 1.78. The second-order valence-corrected chi connectivity index (χ2v) is 7.36. The number of rotatable bonds is 8. The molecule has 0 aliphatic carbocycles. The minimum atomic E-state index is 0.405. The molecule has 1 heterocycles. The molecule has 2 rings (SSSR count). The Morgan fingerprint density at radius 3 is 2.60 bits per heavy atom. The van der Waals surface area contributed by atoms with Crippen molar-refractivity contribution in [3.05, 3.63) is 52.0 Å². The molecule has 2 aromatic rings. The van der Waals surface area contributed by atoms with Gasteiger partial charge in [-0.1, -0.05) is 30.3 Å². The number of thiazole rings is 1. The summed E-state index contributed by atoms with van der Waals surface area (Å²) < 4.78 is 0. The summed E-state index contributed by atoms with van der Waals surface area (Å²) in [5.74, 6) is 0.840. The van der Waals surface area contributed by atoms with Crippen LogP contribution in [0.4, 0.5) is 0 Å². The van der Waals surface area contributed by atoms with E-state index in [9.17, 15) is 0 Å². The molecule has 0 bridgehead atoms. The maximum atomic E-state index is 4.49. The largest absolute Gasteiger partial charge is 0.356 e. The van der Waals surface area contributed by atoms with Crippen LogP contribution in [0.1, 0.15) is 16.3 Å². The highest BCUT2D eigenvalue weighted by Crippen LogP contribution is 2.08. The van der Waals surface area contributed by atoms with Gasteiger partial charge in [-0.25, -0.2) is 4.98 Å². The lowest BCUT2D eigenvalue weighted by Gasteiger charge is -2.25. The van der Waals surface area contributed by atoms with Crippen molar-refractivity contribution in [3.8, 4) is 0 Å². The van der Waals surface area contributed by atoms with Crippen LogP contribution in [0.15, 0.2) is 40.7 Å². The van der Waals surface area contributed by atoms with Gasteiger partial charge in [-0.3, -0.25) is 4.99 Å². The number of hydrogen-bond donors (Lipinski definition) is 2. The number of likely N-dealkylation sites (N-methyl/N-ethyl adjacent to an activating group) is 1. The van der Waals surface area contributed by atoms with Gasteiger partial charge in [-0.2, -0.15) is 0 Å². The maximum Gasteiger partial charge on any atom is 0.191 e. The summed E-state index contributed by atoms with van der Waals surface area (Å²) in [7, 11) is 6.05. The molecule has 5 nitrogen and oxygen atoms in total. The smallest absolute Gasteiger partial charge is 0.191 e. The van der Waals surface area contributed by atoms with Gasteiger partial charge in [0.05, 0.1) is 10.7 Å². The van der Waals surface area contributed by atoms with Gasteiger partial charge in [0.2, 0.25) is 0 Å². The number of aromatic nitrogens is 1. The topological polar surface area (TPSA) is 52.6 Å². The molecule has 6 heteroatoms. The average Bonchev–Trinajstić information content (AvgIpc) is 3.02. The number of nitrogens with one attached hydrogen (secondary N) is 2. The van der Waals surface area contributed by atoms with Crippen LogP contribution in [-0.4, -0.2) is 56.1 Å². The average molecular weight is 360 g/mol. The summed E-state index contributed by atoms with van der Waals surface area (Å²) >= 11 is 1.70. The number of aryl methyl sites for hydroxylation is 1. The molecule has 0 aliphatic heterocycles. The zero-order valence-electron chi connectivity index (χ0n) is 15.6. The van der Waals surface area contributed by atoms with Gasteiger partial charge in [-0.05, 0) is 33.0 Å². The van der Waals surface area contributed by atoms with E-state index in [4.69, 9.17) is 0 Å². The third-order valence-corrected chi connectivity index (χ3v) is 4.94. The molecule has 136 valence electrons. The second-order valence-electron chi connectivity index (χ2n) is 6.29. The molecule has 2 N–H and O–H groups in total. The zero-order chi connectivity index (χ0) is 18.1. The molecular formula is C19H29N5S. The monoisotopic (exact) mass is 359 g/mol. The molecule has 1 atom stereocenters. The quantitative estimate of drug-likeness (QED) is 0.561.